The van der Waals surface area contributed by atoms with Crippen LogP contribution in [0.15, 0.2) is 54.6 Å². The van der Waals surface area contributed by atoms with Gasteiger partial charge in [-0.1, -0.05) is 92.0 Å². The van der Waals surface area contributed by atoms with Crippen molar-refractivity contribution in [2.45, 2.75) is 29.0 Å². The van der Waals surface area contributed by atoms with Gasteiger partial charge in [0.05, 0.1) is 5.92 Å². The van der Waals surface area contributed by atoms with Gasteiger partial charge in [0.2, 0.25) is 0 Å². The van der Waals surface area contributed by atoms with E-state index in [-0.39, 0.29) is 32.0 Å². The second kappa shape index (κ2) is 8.26. The Hall–Kier alpha value is -0.850. The van der Waals surface area contributed by atoms with Gasteiger partial charge in [-0.2, -0.15) is 0 Å². The van der Waals surface area contributed by atoms with Gasteiger partial charge in [0.25, 0.3) is 0 Å². The van der Waals surface area contributed by atoms with Gasteiger partial charge >= 0.3 is 5.97 Å². The van der Waals surface area contributed by atoms with Crippen molar-refractivity contribution in [3.8, 4) is 11.5 Å². The maximum atomic E-state index is 12.6. The molecule has 0 aromatic heterocycles. The summed E-state index contributed by atoms with van der Waals surface area (Å²) >= 11 is 10.6. The van der Waals surface area contributed by atoms with Gasteiger partial charge in [-0.05, 0) is 47.6 Å². The van der Waals surface area contributed by atoms with Crippen LogP contribution in [0.3, 0.4) is 0 Å². The lowest BCUT2D eigenvalue weighted by Crippen LogP contribution is -2.11. The number of alkyl halides is 3. The smallest absolute Gasteiger partial charge is 0.310 e. The van der Waals surface area contributed by atoms with E-state index in [0.29, 0.717) is 0 Å². The van der Waals surface area contributed by atoms with Gasteiger partial charge < -0.3 is 9.47 Å². The van der Waals surface area contributed by atoms with E-state index in [2.05, 4.69) is 61.6 Å². The number of hydrogen-bond donors (Lipinski definition) is 0. The fourth-order valence-corrected chi connectivity index (χ4v) is 4.46. The second-order valence-corrected chi connectivity index (χ2v) is 14.6. The quantitative estimate of drug-likeness (QED) is 0.281. The van der Waals surface area contributed by atoms with Crippen LogP contribution in [0.1, 0.15) is 25.8 Å². The van der Waals surface area contributed by atoms with Crippen molar-refractivity contribution in [3.63, 3.8) is 0 Å². The first-order valence-electron chi connectivity index (χ1n) is 8.72. The van der Waals surface area contributed by atoms with E-state index < -0.39 is 0 Å². The minimum atomic E-state index is -0.340. The molecule has 0 spiro atoms. The summed E-state index contributed by atoms with van der Waals surface area (Å²) in [5.74, 6) is 1.53. The van der Waals surface area contributed by atoms with Gasteiger partial charge in [0, 0.05) is 0 Å². The Labute approximate surface area is 185 Å². The highest BCUT2D eigenvalue weighted by atomic mass is 80.0. The van der Waals surface area contributed by atoms with Crippen molar-refractivity contribution in [2.24, 2.45) is 17.3 Å². The molecule has 0 unspecified atom stereocenters. The molecule has 0 radical (unpaired) electrons. The van der Waals surface area contributed by atoms with E-state index >= 15 is 0 Å². The monoisotopic (exact) mass is 558 g/mol. The van der Waals surface area contributed by atoms with Gasteiger partial charge in [-0.3, -0.25) is 4.79 Å². The van der Waals surface area contributed by atoms with E-state index in [1.807, 2.05) is 54.6 Å². The molecule has 0 N–H and O–H groups in total. The third-order valence-corrected chi connectivity index (χ3v) is 5.99. The highest BCUT2D eigenvalue weighted by Crippen LogP contribution is 2.64. The van der Waals surface area contributed by atoms with Gasteiger partial charge in [-0.25, -0.2) is 0 Å². The van der Waals surface area contributed by atoms with Crippen LogP contribution in [0, 0.1) is 17.3 Å². The average Bonchev–Trinajstić information content (AvgIpc) is 3.12. The molecule has 0 bridgehead atoms. The molecule has 3 rings (SSSR count). The zero-order valence-corrected chi connectivity index (χ0v) is 19.9. The zero-order valence-electron chi connectivity index (χ0n) is 15.1. The van der Waals surface area contributed by atoms with Crippen molar-refractivity contribution in [1.29, 1.82) is 0 Å². The van der Waals surface area contributed by atoms with Crippen LogP contribution in [0.2, 0.25) is 0 Å². The first kappa shape index (κ1) is 20.9. The molecular formula is C21H21Br3O3. The molecule has 3 nitrogen and oxygen atoms in total. The largest absolute Gasteiger partial charge is 0.461 e. The molecule has 0 amide bonds. The van der Waals surface area contributed by atoms with Crippen LogP contribution < -0.4 is 4.74 Å². The Bertz CT molecular complexity index is 800. The lowest BCUT2D eigenvalue weighted by molar-refractivity contribution is -0.147. The van der Waals surface area contributed by atoms with Crippen LogP contribution in [0.5, 0.6) is 11.5 Å². The number of para-hydroxylation sites is 1. The number of carbonyl (C=O) groups excluding carboxylic acids is 1. The third kappa shape index (κ3) is 5.58. The van der Waals surface area contributed by atoms with Crippen molar-refractivity contribution < 1.29 is 14.3 Å². The summed E-state index contributed by atoms with van der Waals surface area (Å²) in [6.07, 6.45) is 0.792. The van der Waals surface area contributed by atoms with Crippen molar-refractivity contribution in [1.82, 2.24) is 0 Å². The standard InChI is InChI=1S/C21H21Br3O3/c1-20(2)17(12-21(22,23)24)18(20)19(25)26-13-14-7-6-10-16(11-14)27-15-8-4-3-5-9-15/h3-11,17-18H,12-13H2,1-2H3/t17-,18-/m0/s1. The highest BCUT2D eigenvalue weighted by Gasteiger charge is 2.63. The highest BCUT2D eigenvalue weighted by molar-refractivity contribution is 9.39. The van der Waals surface area contributed by atoms with Crippen LogP contribution >= 0.6 is 47.8 Å². The maximum absolute atomic E-state index is 12.6. The van der Waals surface area contributed by atoms with Crippen molar-refractivity contribution >= 4 is 53.8 Å². The molecule has 144 valence electrons. The molecular weight excluding hydrogens is 540 g/mol. The van der Waals surface area contributed by atoms with Crippen LogP contribution in [-0.2, 0) is 16.1 Å². The third-order valence-electron chi connectivity index (χ3n) is 5.01. The number of benzene rings is 2. The number of carbonyl (C=O) groups is 1. The molecule has 1 aliphatic rings. The van der Waals surface area contributed by atoms with E-state index in [0.717, 1.165) is 23.5 Å². The molecule has 0 aliphatic heterocycles. The van der Waals surface area contributed by atoms with Crippen LogP contribution in [-0.4, -0.2) is 8.11 Å². The molecule has 0 saturated heterocycles. The summed E-state index contributed by atoms with van der Waals surface area (Å²) in [4.78, 5) is 12.6. The first-order chi connectivity index (χ1) is 12.7. The average molecular weight is 561 g/mol. The molecule has 1 saturated carbocycles. The lowest BCUT2D eigenvalue weighted by Gasteiger charge is -2.12. The first-order valence-corrected chi connectivity index (χ1v) is 11.1. The summed E-state index contributed by atoms with van der Waals surface area (Å²) in [5, 5.41) is 0. The van der Waals surface area contributed by atoms with Crippen molar-refractivity contribution in [3.05, 3.63) is 60.2 Å². The second-order valence-electron chi connectivity index (χ2n) is 7.40. The summed E-state index contributed by atoms with van der Waals surface area (Å²) in [6.45, 7) is 4.46. The zero-order chi connectivity index (χ0) is 19.7. The predicted octanol–water partition coefficient (Wildman–Crippen LogP) is 7.02. The molecule has 2 atom stereocenters. The fraction of sp³-hybridized carbons (Fsp3) is 0.381. The lowest BCUT2D eigenvalue weighted by atomic mass is 10.1. The van der Waals surface area contributed by atoms with E-state index in [9.17, 15) is 4.79 Å². The Morgan fingerprint density at radius 3 is 2.37 bits per heavy atom. The normalized spacial score (nSPS) is 20.8. The molecule has 2 aromatic rings. The summed E-state index contributed by atoms with van der Waals surface area (Å²) in [7, 11) is 0. The fourth-order valence-electron chi connectivity index (χ4n) is 3.41. The molecule has 0 heterocycles. The van der Waals surface area contributed by atoms with E-state index in [1.54, 1.807) is 0 Å². The minimum absolute atomic E-state index is 0.0596. The Morgan fingerprint density at radius 2 is 1.70 bits per heavy atom. The van der Waals surface area contributed by atoms with E-state index in [1.165, 1.54) is 0 Å². The van der Waals surface area contributed by atoms with Crippen molar-refractivity contribution in [2.75, 3.05) is 0 Å². The predicted molar refractivity (Wildman–Crippen MR) is 118 cm³/mol. The van der Waals surface area contributed by atoms with Gasteiger partial charge in [0.1, 0.15) is 20.2 Å². The Kier molecular flexibility index (Phi) is 6.38. The summed E-state index contributed by atoms with van der Waals surface area (Å²) in [5.41, 5.74) is 0.846. The van der Waals surface area contributed by atoms with Gasteiger partial charge in [-0.15, -0.1) is 0 Å². The number of halogens is 3. The number of rotatable bonds is 6. The van der Waals surface area contributed by atoms with E-state index in [4.69, 9.17) is 9.47 Å². The molecule has 2 aromatic carbocycles. The summed E-state index contributed by atoms with van der Waals surface area (Å²) < 4.78 is 11.1. The Balaban J connectivity index is 1.57. The SMILES string of the molecule is CC1(C)[C@H](C(=O)OCc2cccc(Oc3ccccc3)c2)[C@@H]1CC(Br)(Br)Br. The van der Waals surface area contributed by atoms with Crippen LogP contribution in [0.4, 0.5) is 0 Å². The molecule has 6 heteroatoms. The summed E-state index contributed by atoms with van der Waals surface area (Å²) in [6, 6.07) is 17.2. The topological polar surface area (TPSA) is 35.5 Å². The number of esters is 1. The number of hydrogen-bond acceptors (Lipinski definition) is 3. The van der Waals surface area contributed by atoms with Crippen LogP contribution in [0.25, 0.3) is 0 Å². The van der Waals surface area contributed by atoms with Gasteiger partial charge in [0.15, 0.2) is 0 Å². The molecule has 1 aliphatic carbocycles. The molecule has 1 fully saturated rings. The minimum Gasteiger partial charge on any atom is -0.461 e. The maximum Gasteiger partial charge on any atom is 0.310 e. The Morgan fingerprint density at radius 1 is 1.04 bits per heavy atom. The number of ether oxygens (including phenoxy) is 2. The molecule has 27 heavy (non-hydrogen) atoms.